The minimum atomic E-state index is -0.274. The highest BCUT2D eigenvalue weighted by Gasteiger charge is 2.71. The van der Waals surface area contributed by atoms with Gasteiger partial charge in [0, 0.05) is 44.6 Å². The number of allylic oxidation sites excluding steroid dienone is 1. The van der Waals surface area contributed by atoms with Crippen LogP contribution >= 0.6 is 0 Å². The summed E-state index contributed by atoms with van der Waals surface area (Å²) in [5.74, 6) is 3.08. The van der Waals surface area contributed by atoms with E-state index in [-0.39, 0.29) is 28.3 Å². The molecule has 0 spiro atoms. The Balaban J connectivity index is 1.09. The predicted octanol–water partition coefficient (Wildman–Crippen LogP) is 7.42. The van der Waals surface area contributed by atoms with Crippen LogP contribution in [0.4, 0.5) is 0 Å². The zero-order chi connectivity index (χ0) is 36.4. The third kappa shape index (κ3) is 6.14. The largest absolute Gasteiger partial charge is 0.460 e. The average molecular weight is 706 g/mol. The molecule has 2 aliphatic heterocycles. The van der Waals surface area contributed by atoms with Crippen molar-refractivity contribution in [2.75, 3.05) is 52.5 Å². The fourth-order valence-electron chi connectivity index (χ4n) is 14.5. The maximum atomic E-state index is 13.5. The first-order valence-corrected chi connectivity index (χ1v) is 21.2. The number of carbonyl (C=O) groups is 1. The van der Waals surface area contributed by atoms with Crippen molar-refractivity contribution in [2.24, 2.45) is 61.7 Å². The van der Waals surface area contributed by atoms with Crippen molar-refractivity contribution in [1.29, 1.82) is 0 Å². The van der Waals surface area contributed by atoms with E-state index in [4.69, 9.17) is 9.47 Å². The number of nitrogens with zero attached hydrogens (tertiary/aromatic N) is 3. The number of esters is 1. The molecule has 0 bridgehead atoms. The maximum absolute atomic E-state index is 13.5. The lowest BCUT2D eigenvalue weighted by atomic mass is 9.32. The van der Waals surface area contributed by atoms with E-state index in [2.05, 4.69) is 74.8 Å². The van der Waals surface area contributed by atoms with Gasteiger partial charge in [0.2, 0.25) is 6.04 Å². The molecule has 7 aliphatic rings. The van der Waals surface area contributed by atoms with Crippen molar-refractivity contribution in [1.82, 2.24) is 10.2 Å². The molecule has 7 nitrogen and oxygen atoms in total. The van der Waals surface area contributed by atoms with Crippen LogP contribution in [0.1, 0.15) is 120 Å². The van der Waals surface area contributed by atoms with E-state index in [0.29, 0.717) is 53.3 Å². The highest BCUT2D eigenvalue weighted by molar-refractivity contribution is 6.14. The van der Waals surface area contributed by atoms with Crippen LogP contribution < -0.4 is 5.32 Å². The molecule has 5 saturated carbocycles. The summed E-state index contributed by atoms with van der Waals surface area (Å²) in [6.45, 7) is 31.9. The first-order valence-electron chi connectivity index (χ1n) is 21.2. The Morgan fingerprint density at radius 2 is 1.73 bits per heavy atom. The number of ether oxygens (including phenoxy) is 2. The van der Waals surface area contributed by atoms with E-state index in [1.807, 2.05) is 19.4 Å². The van der Waals surface area contributed by atoms with Crippen molar-refractivity contribution in [2.45, 2.75) is 138 Å². The summed E-state index contributed by atoms with van der Waals surface area (Å²) in [5, 5.41) is 3.50. The zero-order valence-electron chi connectivity index (χ0n) is 33.8. The van der Waals surface area contributed by atoms with E-state index in [1.54, 1.807) is 0 Å². The quantitative estimate of drug-likeness (QED) is 0.154. The molecule has 0 aromatic carbocycles. The number of hydrogen-bond donors (Lipinski definition) is 1. The molecular weight excluding hydrogens is 633 g/mol. The van der Waals surface area contributed by atoms with Gasteiger partial charge in [0.1, 0.15) is 0 Å². The lowest BCUT2D eigenvalue weighted by Gasteiger charge is -2.73. The average Bonchev–Trinajstić information content (AvgIpc) is 3.51. The molecule has 5 aliphatic carbocycles. The summed E-state index contributed by atoms with van der Waals surface area (Å²) in [6.07, 6.45) is 16.7. The first-order chi connectivity index (χ1) is 24.2. The van der Waals surface area contributed by atoms with Gasteiger partial charge >= 0.3 is 5.97 Å². The minimum absolute atomic E-state index is 0.0692. The van der Waals surface area contributed by atoms with Gasteiger partial charge in [0.15, 0.2) is 12.8 Å². The van der Waals surface area contributed by atoms with Crippen LogP contribution in [0.5, 0.6) is 0 Å². The Labute approximate surface area is 310 Å². The van der Waals surface area contributed by atoms with Crippen LogP contribution in [-0.2, 0) is 14.3 Å². The lowest BCUT2D eigenvalue weighted by Crippen LogP contribution is -2.67. The highest BCUT2D eigenvalue weighted by atomic mass is 16.5. The number of rotatable bonds is 9. The Hall–Kier alpha value is -1.57. The Kier molecular flexibility index (Phi) is 10.3. The fourth-order valence-corrected chi connectivity index (χ4v) is 14.5. The lowest BCUT2D eigenvalue weighted by molar-refractivity contribution is -0.544. The summed E-state index contributed by atoms with van der Waals surface area (Å²) in [6, 6.07) is 0.206. The molecule has 0 aromatic rings. The van der Waals surface area contributed by atoms with Crippen LogP contribution in [0.25, 0.3) is 0 Å². The van der Waals surface area contributed by atoms with Crippen molar-refractivity contribution >= 4 is 18.4 Å². The number of nitrogens with one attached hydrogen (secondary N) is 1. The van der Waals surface area contributed by atoms with Gasteiger partial charge in [-0.05, 0) is 129 Å². The summed E-state index contributed by atoms with van der Waals surface area (Å²) in [4.78, 5) is 20.4. The van der Waals surface area contributed by atoms with E-state index < -0.39 is 0 Å². The highest BCUT2D eigenvalue weighted by Crippen LogP contribution is 2.77. The van der Waals surface area contributed by atoms with E-state index in [0.717, 1.165) is 58.2 Å². The smallest absolute Gasteiger partial charge is 0.375 e. The number of piperazine rings is 1. The molecule has 7 heteroatoms. The molecule has 0 amide bonds. The van der Waals surface area contributed by atoms with Crippen molar-refractivity contribution in [3.63, 3.8) is 0 Å². The Bertz CT molecular complexity index is 1390. The molecule has 2 heterocycles. The molecule has 51 heavy (non-hydrogen) atoms. The second-order valence-corrected chi connectivity index (χ2v) is 20.1. The SMILES string of the molecule is C=C(C)C1CC[C@]2(COC(=O)C(C)[N+]3=CC=NCC3)CC[C@]3(C)C(CCC4[C@@]5(C)CC[C@H](OCC(C)N6CCNCC6)C(C)(C)C5CC[C@]43C)C12. The summed E-state index contributed by atoms with van der Waals surface area (Å²) < 4.78 is 15.4. The normalized spacial score (nSPS) is 44.6. The van der Waals surface area contributed by atoms with E-state index in [1.165, 1.54) is 63.4 Å². The van der Waals surface area contributed by atoms with Gasteiger partial charge in [-0.1, -0.05) is 46.8 Å². The topological polar surface area (TPSA) is 66.2 Å². The number of carbonyl (C=O) groups excluding carboxylic acids is 1. The number of aliphatic imine (C=N–C) groups is 1. The van der Waals surface area contributed by atoms with Gasteiger partial charge in [-0.15, -0.1) is 0 Å². The molecule has 0 aromatic heterocycles. The van der Waals surface area contributed by atoms with Gasteiger partial charge in [0.05, 0.1) is 32.1 Å². The molecule has 7 unspecified atom stereocenters. The van der Waals surface area contributed by atoms with E-state index >= 15 is 0 Å². The molecule has 286 valence electrons. The van der Waals surface area contributed by atoms with Gasteiger partial charge in [-0.2, -0.15) is 0 Å². The third-order valence-electron chi connectivity index (χ3n) is 17.7. The summed E-state index contributed by atoms with van der Waals surface area (Å²) in [7, 11) is 0. The van der Waals surface area contributed by atoms with Crippen molar-refractivity contribution in [3.05, 3.63) is 12.2 Å². The van der Waals surface area contributed by atoms with Crippen LogP contribution in [0.15, 0.2) is 17.1 Å². The Morgan fingerprint density at radius 1 is 0.961 bits per heavy atom. The third-order valence-corrected chi connectivity index (χ3v) is 17.7. The Morgan fingerprint density at radius 3 is 2.43 bits per heavy atom. The second-order valence-electron chi connectivity index (χ2n) is 20.1. The van der Waals surface area contributed by atoms with Gasteiger partial charge in [-0.3, -0.25) is 9.89 Å². The molecule has 12 atom stereocenters. The monoisotopic (exact) mass is 706 g/mol. The van der Waals surface area contributed by atoms with Gasteiger partial charge < -0.3 is 14.8 Å². The maximum Gasteiger partial charge on any atom is 0.375 e. The molecule has 1 N–H and O–H groups in total. The van der Waals surface area contributed by atoms with Crippen molar-refractivity contribution in [3.8, 4) is 0 Å². The minimum Gasteiger partial charge on any atom is -0.460 e. The standard InChI is InChI=1S/C44H73N4O3/c1-30(2)33-12-17-44(29-51-39(49)32(4)48-26-22-46-23-27-48)19-18-42(8)34(38(33)44)10-11-36-41(7)15-14-37(40(5,6)35(41)13-16-43(36,42)9)50-28-31(3)47-24-20-45-21-25-47/h22,26,31-38,45H,1,10-21,23-25,27-29H2,2-9H3/q+1/t31?,32?,33?,34?,35?,36?,37-,38?,41-,42+,43+,44+/m0/s1. The molecular formula is C44H73N4O3+. The summed E-state index contributed by atoms with van der Waals surface area (Å²) in [5.41, 5.74) is 2.53. The fraction of sp³-hybridized carbons (Fsp3) is 0.886. The zero-order valence-corrected chi connectivity index (χ0v) is 33.8. The second kappa shape index (κ2) is 13.9. The predicted molar refractivity (Wildman–Crippen MR) is 208 cm³/mol. The molecule has 1 saturated heterocycles. The van der Waals surface area contributed by atoms with Gasteiger partial charge in [-0.25, -0.2) is 9.37 Å². The molecule has 0 radical (unpaired) electrons. The molecule has 7 rings (SSSR count). The van der Waals surface area contributed by atoms with Gasteiger partial charge in [0.25, 0.3) is 0 Å². The molecule has 6 fully saturated rings. The van der Waals surface area contributed by atoms with Crippen LogP contribution in [0.2, 0.25) is 0 Å². The van der Waals surface area contributed by atoms with Crippen LogP contribution in [0.3, 0.4) is 0 Å². The van der Waals surface area contributed by atoms with Crippen molar-refractivity contribution < 1.29 is 18.8 Å². The number of fused-ring (bicyclic) bond motifs is 7. The van der Waals surface area contributed by atoms with E-state index in [9.17, 15) is 4.79 Å². The van der Waals surface area contributed by atoms with Crippen LogP contribution in [-0.4, -0.2) is 98.5 Å². The first kappa shape index (κ1) is 37.7. The number of hydrogen-bond acceptors (Lipinski definition) is 6. The van der Waals surface area contributed by atoms with Crippen LogP contribution in [0, 0.1) is 56.7 Å². The summed E-state index contributed by atoms with van der Waals surface area (Å²) >= 11 is 0.